The average Bonchev–Trinajstić information content (AvgIpc) is 2.88. The normalized spacial score (nSPS) is 16.1. The van der Waals surface area contributed by atoms with Gasteiger partial charge in [-0.05, 0) is 12.8 Å². The van der Waals surface area contributed by atoms with Crippen LogP contribution in [0.15, 0.2) is 6.20 Å². The number of aldehydes is 1. The van der Waals surface area contributed by atoms with E-state index in [1.54, 1.807) is 6.20 Å². The number of hydrogen-bond donors (Lipinski definition) is 0. The van der Waals surface area contributed by atoms with Crippen molar-refractivity contribution in [2.75, 3.05) is 0 Å². The van der Waals surface area contributed by atoms with Gasteiger partial charge in [0.25, 0.3) is 0 Å². The van der Waals surface area contributed by atoms with E-state index >= 15 is 0 Å². The zero-order chi connectivity index (χ0) is 8.55. The SMILES string of the molecule is O=Cc1nc(C2CC2)cnc1Cl. The first-order chi connectivity index (χ1) is 5.81. The Hall–Kier alpha value is -0.960. The van der Waals surface area contributed by atoms with E-state index in [1.807, 2.05) is 0 Å². The molecule has 2 rings (SSSR count). The lowest BCUT2D eigenvalue weighted by molar-refractivity contribution is 0.111. The molecule has 0 spiro atoms. The van der Waals surface area contributed by atoms with Crippen molar-refractivity contribution in [3.05, 3.63) is 22.7 Å². The minimum absolute atomic E-state index is 0.189. The maximum Gasteiger partial charge on any atom is 0.171 e. The molecule has 1 aliphatic carbocycles. The summed E-state index contributed by atoms with van der Waals surface area (Å²) in [7, 11) is 0. The van der Waals surface area contributed by atoms with Crippen LogP contribution >= 0.6 is 11.6 Å². The van der Waals surface area contributed by atoms with E-state index in [0.717, 1.165) is 18.5 Å². The molecule has 0 bridgehead atoms. The smallest absolute Gasteiger partial charge is 0.171 e. The molecule has 0 N–H and O–H groups in total. The van der Waals surface area contributed by atoms with Crippen molar-refractivity contribution in [2.45, 2.75) is 18.8 Å². The van der Waals surface area contributed by atoms with Crippen LogP contribution in [-0.4, -0.2) is 16.3 Å². The third-order valence-electron chi connectivity index (χ3n) is 1.88. The van der Waals surface area contributed by atoms with Gasteiger partial charge in [0.15, 0.2) is 11.4 Å². The summed E-state index contributed by atoms with van der Waals surface area (Å²) in [4.78, 5) is 18.4. The molecular formula is C8H7ClN2O. The van der Waals surface area contributed by atoms with Gasteiger partial charge in [-0.1, -0.05) is 11.6 Å². The second-order valence-electron chi connectivity index (χ2n) is 2.86. The van der Waals surface area contributed by atoms with Gasteiger partial charge in [-0.3, -0.25) is 4.79 Å². The first-order valence-corrected chi connectivity index (χ1v) is 4.16. The van der Waals surface area contributed by atoms with Crippen LogP contribution in [0.3, 0.4) is 0 Å². The summed E-state index contributed by atoms with van der Waals surface area (Å²) < 4.78 is 0. The molecule has 0 saturated heterocycles. The molecule has 0 radical (unpaired) electrons. The largest absolute Gasteiger partial charge is 0.296 e. The fourth-order valence-electron chi connectivity index (χ4n) is 1.05. The third kappa shape index (κ3) is 1.32. The van der Waals surface area contributed by atoms with Crippen LogP contribution in [0.1, 0.15) is 34.9 Å². The molecular weight excluding hydrogens is 176 g/mol. The van der Waals surface area contributed by atoms with Crippen LogP contribution in [0.25, 0.3) is 0 Å². The van der Waals surface area contributed by atoms with E-state index in [9.17, 15) is 4.79 Å². The Morgan fingerprint density at radius 2 is 2.33 bits per heavy atom. The molecule has 0 atom stereocenters. The number of halogens is 1. The fourth-order valence-corrected chi connectivity index (χ4v) is 1.19. The van der Waals surface area contributed by atoms with Crippen LogP contribution in [0.2, 0.25) is 5.15 Å². The minimum Gasteiger partial charge on any atom is -0.296 e. The van der Waals surface area contributed by atoms with Crippen molar-refractivity contribution in [1.82, 2.24) is 9.97 Å². The van der Waals surface area contributed by atoms with E-state index in [0.29, 0.717) is 12.2 Å². The lowest BCUT2D eigenvalue weighted by atomic mass is 10.3. The first-order valence-electron chi connectivity index (χ1n) is 3.79. The second kappa shape index (κ2) is 2.83. The number of aromatic nitrogens is 2. The molecule has 1 fully saturated rings. The van der Waals surface area contributed by atoms with Crippen molar-refractivity contribution >= 4 is 17.9 Å². The summed E-state index contributed by atoms with van der Waals surface area (Å²) in [6.07, 6.45) is 4.58. The van der Waals surface area contributed by atoms with E-state index in [1.165, 1.54) is 0 Å². The van der Waals surface area contributed by atoms with Crippen LogP contribution in [0.4, 0.5) is 0 Å². The first kappa shape index (κ1) is 7.68. The van der Waals surface area contributed by atoms with Gasteiger partial charge < -0.3 is 0 Å². The molecule has 0 aromatic carbocycles. The predicted octanol–water partition coefficient (Wildman–Crippen LogP) is 1.82. The summed E-state index contributed by atoms with van der Waals surface area (Å²) >= 11 is 5.62. The Balaban J connectivity index is 2.39. The molecule has 1 heterocycles. The number of carbonyl (C=O) groups excluding carboxylic acids is 1. The number of hydrogen-bond acceptors (Lipinski definition) is 3. The van der Waals surface area contributed by atoms with Gasteiger partial charge in [0.1, 0.15) is 5.69 Å². The maximum atomic E-state index is 10.4. The van der Waals surface area contributed by atoms with E-state index in [-0.39, 0.29) is 10.8 Å². The zero-order valence-corrected chi connectivity index (χ0v) is 7.08. The highest BCUT2D eigenvalue weighted by Gasteiger charge is 2.25. The molecule has 1 saturated carbocycles. The highest BCUT2D eigenvalue weighted by Crippen LogP contribution is 2.38. The summed E-state index contributed by atoms with van der Waals surface area (Å²) in [6.45, 7) is 0. The van der Waals surface area contributed by atoms with Gasteiger partial charge >= 0.3 is 0 Å². The van der Waals surface area contributed by atoms with E-state index in [2.05, 4.69) is 9.97 Å². The second-order valence-corrected chi connectivity index (χ2v) is 3.22. The van der Waals surface area contributed by atoms with E-state index in [4.69, 9.17) is 11.6 Å². The van der Waals surface area contributed by atoms with Crippen LogP contribution < -0.4 is 0 Å². The highest BCUT2D eigenvalue weighted by atomic mass is 35.5. The Morgan fingerprint density at radius 3 is 2.92 bits per heavy atom. The standard InChI is InChI=1S/C8H7ClN2O/c9-8-7(4-12)11-6(3-10-8)5-1-2-5/h3-5H,1-2H2. The number of nitrogens with zero attached hydrogens (tertiary/aromatic N) is 2. The monoisotopic (exact) mass is 182 g/mol. The molecule has 1 aliphatic rings. The quantitative estimate of drug-likeness (QED) is 0.656. The molecule has 0 aliphatic heterocycles. The molecule has 0 amide bonds. The van der Waals surface area contributed by atoms with E-state index < -0.39 is 0 Å². The fraction of sp³-hybridized carbons (Fsp3) is 0.375. The van der Waals surface area contributed by atoms with Gasteiger partial charge in [-0.15, -0.1) is 0 Å². The number of rotatable bonds is 2. The molecule has 12 heavy (non-hydrogen) atoms. The molecule has 1 aromatic heterocycles. The van der Waals surface area contributed by atoms with Crippen LogP contribution in [-0.2, 0) is 0 Å². The number of carbonyl (C=O) groups is 1. The van der Waals surface area contributed by atoms with Gasteiger partial charge in [0.2, 0.25) is 0 Å². The Bertz CT molecular complexity index is 323. The molecule has 3 nitrogen and oxygen atoms in total. The molecule has 0 unspecified atom stereocenters. The molecule has 62 valence electrons. The predicted molar refractivity (Wildman–Crippen MR) is 44.4 cm³/mol. The van der Waals surface area contributed by atoms with Gasteiger partial charge in [0.05, 0.1) is 11.9 Å². The minimum atomic E-state index is 0.189. The maximum absolute atomic E-state index is 10.4. The highest BCUT2D eigenvalue weighted by molar-refractivity contribution is 6.31. The van der Waals surface area contributed by atoms with Crippen molar-refractivity contribution in [1.29, 1.82) is 0 Å². The van der Waals surface area contributed by atoms with Crippen LogP contribution in [0, 0.1) is 0 Å². The van der Waals surface area contributed by atoms with Crippen molar-refractivity contribution < 1.29 is 4.79 Å². The van der Waals surface area contributed by atoms with Crippen molar-refractivity contribution in [3.8, 4) is 0 Å². The Morgan fingerprint density at radius 1 is 1.58 bits per heavy atom. The van der Waals surface area contributed by atoms with Gasteiger partial charge in [0, 0.05) is 5.92 Å². The van der Waals surface area contributed by atoms with Gasteiger partial charge in [-0.2, -0.15) is 0 Å². The Labute approximate surface area is 74.8 Å². The zero-order valence-electron chi connectivity index (χ0n) is 6.33. The lowest BCUT2D eigenvalue weighted by Gasteiger charge is -1.98. The summed E-state index contributed by atoms with van der Waals surface area (Å²) in [5, 5.41) is 0.189. The Kier molecular flexibility index (Phi) is 1.81. The summed E-state index contributed by atoms with van der Waals surface area (Å²) in [6, 6.07) is 0. The van der Waals surface area contributed by atoms with Crippen molar-refractivity contribution in [2.24, 2.45) is 0 Å². The summed E-state index contributed by atoms with van der Waals surface area (Å²) in [5.74, 6) is 0.508. The topological polar surface area (TPSA) is 42.9 Å². The summed E-state index contributed by atoms with van der Waals surface area (Å²) in [5.41, 5.74) is 1.14. The van der Waals surface area contributed by atoms with Crippen molar-refractivity contribution in [3.63, 3.8) is 0 Å². The molecule has 1 aromatic rings. The lowest BCUT2D eigenvalue weighted by Crippen LogP contribution is -1.96. The van der Waals surface area contributed by atoms with Crippen LogP contribution in [0.5, 0.6) is 0 Å². The van der Waals surface area contributed by atoms with Gasteiger partial charge in [-0.25, -0.2) is 9.97 Å². The average molecular weight is 183 g/mol. The third-order valence-corrected chi connectivity index (χ3v) is 2.17. The molecule has 4 heteroatoms.